The number of nitrogens with two attached hydrogens (primary N) is 2. The Hall–Kier alpha value is -2.77. The maximum Gasteiger partial charge on any atom is 0.326 e. The Labute approximate surface area is 192 Å². The van der Waals surface area contributed by atoms with Gasteiger partial charge in [-0.3, -0.25) is 19.2 Å². The number of unbranched alkanes of at least 4 members (excludes halogenated alkanes) is 1. The molecule has 0 aromatic carbocycles. The molecule has 13 nitrogen and oxygen atoms in total. The van der Waals surface area contributed by atoms with Gasteiger partial charge in [0.25, 0.3) is 0 Å². The number of hydrogen-bond donors (Lipinski definition) is 8. The molecule has 0 radical (unpaired) electrons. The van der Waals surface area contributed by atoms with Gasteiger partial charge >= 0.3 is 11.9 Å². The Bertz CT molecular complexity index is 685. The lowest BCUT2D eigenvalue weighted by atomic mass is 10.0. The number of carboxylic acids is 2. The number of aliphatic hydroxyl groups excluding tert-OH is 1. The molecule has 3 amide bonds. The molecule has 0 saturated carbocycles. The Morgan fingerprint density at radius 1 is 0.848 bits per heavy atom. The van der Waals surface area contributed by atoms with E-state index in [4.69, 9.17) is 16.6 Å². The topological polar surface area (TPSA) is 234 Å². The predicted octanol–water partition coefficient (Wildman–Crippen LogP) is -2.12. The fraction of sp³-hybridized carbons (Fsp3) is 0.750. The Morgan fingerprint density at radius 3 is 1.88 bits per heavy atom. The maximum atomic E-state index is 12.7. The Kier molecular flexibility index (Phi) is 13.9. The van der Waals surface area contributed by atoms with Crippen LogP contribution >= 0.6 is 0 Å². The normalized spacial score (nSPS) is 15.6. The van der Waals surface area contributed by atoms with Crippen LogP contribution in [-0.4, -0.2) is 81.8 Å². The van der Waals surface area contributed by atoms with E-state index >= 15 is 0 Å². The molecular weight excluding hydrogens is 438 g/mol. The SMILES string of the molecule is CC(C)CC(NC(=O)C(NC(=O)C(CC(=O)O)NC(=O)C(N)CCCCN)C(C)O)C(=O)O. The van der Waals surface area contributed by atoms with Crippen LogP contribution in [0.4, 0.5) is 0 Å². The van der Waals surface area contributed by atoms with Crippen molar-refractivity contribution in [2.45, 2.75) is 83.1 Å². The first-order valence-electron chi connectivity index (χ1n) is 10.8. The molecule has 0 rings (SSSR count). The number of carbonyl (C=O) groups is 5. The smallest absolute Gasteiger partial charge is 0.326 e. The molecule has 0 spiro atoms. The molecule has 0 aliphatic carbocycles. The van der Waals surface area contributed by atoms with E-state index in [-0.39, 0.29) is 18.8 Å². The summed E-state index contributed by atoms with van der Waals surface area (Å²) in [4.78, 5) is 60.1. The molecule has 0 aromatic heterocycles. The standard InChI is InChI=1S/C20H37N5O8/c1-10(2)8-14(20(32)33)24-19(31)16(11(3)26)25-18(30)13(9-15(27)28)23-17(29)12(22)6-4-5-7-21/h10-14,16,26H,4-9,21-22H2,1-3H3,(H,23,29)(H,24,31)(H,25,30)(H,27,28)(H,32,33). The highest BCUT2D eigenvalue weighted by atomic mass is 16.4. The molecular formula is C20H37N5O8. The van der Waals surface area contributed by atoms with E-state index < -0.39 is 66.4 Å². The van der Waals surface area contributed by atoms with Gasteiger partial charge in [0, 0.05) is 0 Å². The second kappa shape index (κ2) is 15.1. The van der Waals surface area contributed by atoms with Gasteiger partial charge < -0.3 is 42.7 Å². The van der Waals surface area contributed by atoms with E-state index in [0.29, 0.717) is 19.4 Å². The number of carbonyl (C=O) groups excluding carboxylic acids is 3. The van der Waals surface area contributed by atoms with Gasteiger partial charge in [-0.1, -0.05) is 20.3 Å². The molecule has 0 aromatic rings. The van der Waals surface area contributed by atoms with Crippen molar-refractivity contribution in [1.29, 1.82) is 0 Å². The van der Waals surface area contributed by atoms with Crippen LogP contribution in [0.25, 0.3) is 0 Å². The van der Waals surface area contributed by atoms with Crippen molar-refractivity contribution in [3.63, 3.8) is 0 Å². The van der Waals surface area contributed by atoms with Gasteiger partial charge in [-0.15, -0.1) is 0 Å². The molecule has 0 aliphatic rings. The summed E-state index contributed by atoms with van der Waals surface area (Å²) in [6, 6.07) is -5.41. The van der Waals surface area contributed by atoms with Crippen LogP contribution in [0.2, 0.25) is 0 Å². The van der Waals surface area contributed by atoms with Crippen LogP contribution < -0.4 is 27.4 Å². The number of aliphatic carboxylic acids is 2. The van der Waals surface area contributed by atoms with Crippen LogP contribution in [0.3, 0.4) is 0 Å². The quantitative estimate of drug-likeness (QED) is 0.113. The van der Waals surface area contributed by atoms with E-state index in [2.05, 4.69) is 16.0 Å². The third-order valence-electron chi connectivity index (χ3n) is 4.70. The van der Waals surface area contributed by atoms with Crippen molar-refractivity contribution in [3.05, 3.63) is 0 Å². The number of hydrogen-bond acceptors (Lipinski definition) is 8. The average Bonchev–Trinajstić information content (AvgIpc) is 2.69. The lowest BCUT2D eigenvalue weighted by molar-refractivity contribution is -0.144. The number of aliphatic hydroxyl groups is 1. The van der Waals surface area contributed by atoms with Gasteiger partial charge in [0.2, 0.25) is 17.7 Å². The minimum Gasteiger partial charge on any atom is -0.481 e. The van der Waals surface area contributed by atoms with Crippen LogP contribution in [0.1, 0.15) is 52.9 Å². The van der Waals surface area contributed by atoms with E-state index in [1.54, 1.807) is 13.8 Å². The highest BCUT2D eigenvalue weighted by Crippen LogP contribution is 2.07. The van der Waals surface area contributed by atoms with E-state index in [0.717, 1.165) is 0 Å². The average molecular weight is 476 g/mol. The third kappa shape index (κ3) is 12.2. The Morgan fingerprint density at radius 2 is 1.42 bits per heavy atom. The van der Waals surface area contributed by atoms with E-state index in [9.17, 15) is 34.2 Å². The monoisotopic (exact) mass is 475 g/mol. The van der Waals surface area contributed by atoms with Crippen LogP contribution in [0.5, 0.6) is 0 Å². The van der Waals surface area contributed by atoms with Gasteiger partial charge in [0.05, 0.1) is 18.6 Å². The van der Waals surface area contributed by atoms with Crippen molar-refractivity contribution in [2.24, 2.45) is 17.4 Å². The second-order valence-electron chi connectivity index (χ2n) is 8.31. The summed E-state index contributed by atoms with van der Waals surface area (Å²) < 4.78 is 0. The van der Waals surface area contributed by atoms with E-state index in [1.165, 1.54) is 6.92 Å². The van der Waals surface area contributed by atoms with Crippen molar-refractivity contribution in [2.75, 3.05) is 6.54 Å². The minimum atomic E-state index is -1.59. The maximum absolute atomic E-state index is 12.7. The predicted molar refractivity (Wildman–Crippen MR) is 118 cm³/mol. The lowest BCUT2D eigenvalue weighted by Crippen LogP contribution is -2.60. The number of rotatable bonds is 16. The highest BCUT2D eigenvalue weighted by Gasteiger charge is 2.33. The van der Waals surface area contributed by atoms with Crippen LogP contribution in [-0.2, 0) is 24.0 Å². The molecule has 0 fully saturated rings. The molecule has 0 aliphatic heterocycles. The largest absolute Gasteiger partial charge is 0.481 e. The summed E-state index contributed by atoms with van der Waals surface area (Å²) in [6.45, 7) is 5.13. The molecule has 5 unspecified atom stereocenters. The highest BCUT2D eigenvalue weighted by molar-refractivity contribution is 5.95. The van der Waals surface area contributed by atoms with Gasteiger partial charge in [-0.25, -0.2) is 4.79 Å². The summed E-state index contributed by atoms with van der Waals surface area (Å²) in [5.41, 5.74) is 11.2. The first-order valence-corrected chi connectivity index (χ1v) is 10.8. The number of carboxylic acid groups (broad SMARTS) is 2. The zero-order valence-corrected chi connectivity index (χ0v) is 19.2. The fourth-order valence-corrected chi connectivity index (χ4v) is 2.92. The van der Waals surface area contributed by atoms with Gasteiger partial charge in [0.1, 0.15) is 18.1 Å². The molecule has 10 N–H and O–H groups in total. The molecule has 33 heavy (non-hydrogen) atoms. The molecule has 190 valence electrons. The summed E-state index contributed by atoms with van der Waals surface area (Å²) >= 11 is 0. The first-order chi connectivity index (χ1) is 15.3. The van der Waals surface area contributed by atoms with Crippen molar-refractivity contribution in [1.82, 2.24) is 16.0 Å². The first kappa shape index (κ1) is 30.2. The second-order valence-corrected chi connectivity index (χ2v) is 8.31. The summed E-state index contributed by atoms with van der Waals surface area (Å²) in [5, 5.41) is 35.0. The van der Waals surface area contributed by atoms with Crippen molar-refractivity contribution in [3.8, 4) is 0 Å². The third-order valence-corrected chi connectivity index (χ3v) is 4.70. The fourth-order valence-electron chi connectivity index (χ4n) is 2.92. The molecule has 5 atom stereocenters. The van der Waals surface area contributed by atoms with Crippen molar-refractivity contribution < 1.29 is 39.3 Å². The van der Waals surface area contributed by atoms with Crippen LogP contribution in [0, 0.1) is 5.92 Å². The summed E-state index contributed by atoms with van der Waals surface area (Å²) in [5.74, 6) is -5.51. The van der Waals surface area contributed by atoms with Gasteiger partial charge in [-0.05, 0) is 38.6 Å². The zero-order valence-electron chi connectivity index (χ0n) is 19.2. The minimum absolute atomic E-state index is 0.0600. The number of nitrogens with one attached hydrogen (secondary N) is 3. The molecule has 0 heterocycles. The van der Waals surface area contributed by atoms with Gasteiger partial charge in [0.15, 0.2) is 0 Å². The lowest BCUT2D eigenvalue weighted by Gasteiger charge is -2.26. The van der Waals surface area contributed by atoms with Crippen LogP contribution in [0.15, 0.2) is 0 Å². The van der Waals surface area contributed by atoms with E-state index in [1.807, 2.05) is 0 Å². The summed E-state index contributed by atoms with van der Waals surface area (Å²) in [6.07, 6.45) is -0.656. The molecule has 0 saturated heterocycles. The number of amides is 3. The van der Waals surface area contributed by atoms with Crippen molar-refractivity contribution >= 4 is 29.7 Å². The van der Waals surface area contributed by atoms with Gasteiger partial charge in [-0.2, -0.15) is 0 Å². The molecule has 13 heteroatoms. The Balaban J connectivity index is 5.36. The summed E-state index contributed by atoms with van der Waals surface area (Å²) in [7, 11) is 0. The molecule has 0 bridgehead atoms. The zero-order chi connectivity index (χ0) is 25.7.